The molecule has 1 aromatic heterocycles. The number of hydrogen-bond donors (Lipinski definition) is 1. The molecule has 19 heavy (non-hydrogen) atoms. The van der Waals surface area contributed by atoms with Crippen molar-refractivity contribution in [1.82, 2.24) is 9.97 Å². The van der Waals surface area contributed by atoms with Crippen molar-refractivity contribution in [3.63, 3.8) is 0 Å². The summed E-state index contributed by atoms with van der Waals surface area (Å²) in [5.41, 5.74) is 9.85. The van der Waals surface area contributed by atoms with Gasteiger partial charge in [0.15, 0.2) is 0 Å². The Morgan fingerprint density at radius 3 is 2.68 bits per heavy atom. The second-order valence-corrected chi connectivity index (χ2v) is 6.36. The van der Waals surface area contributed by atoms with E-state index in [2.05, 4.69) is 65.7 Å². The Morgan fingerprint density at radius 2 is 2.00 bits per heavy atom. The second kappa shape index (κ2) is 4.74. The maximum absolute atomic E-state index is 6.04. The highest BCUT2D eigenvalue weighted by molar-refractivity contribution is 14.1. The van der Waals surface area contributed by atoms with Gasteiger partial charge < -0.3 is 5.73 Å². The van der Waals surface area contributed by atoms with Crippen molar-refractivity contribution in [3.8, 4) is 0 Å². The van der Waals surface area contributed by atoms with E-state index in [-0.39, 0.29) is 0 Å². The molecule has 3 nitrogen and oxygen atoms in total. The molecule has 0 saturated heterocycles. The zero-order chi connectivity index (χ0) is 13.6. The van der Waals surface area contributed by atoms with Crippen molar-refractivity contribution < 1.29 is 0 Å². The Kier molecular flexibility index (Phi) is 3.20. The van der Waals surface area contributed by atoms with Gasteiger partial charge in [-0.2, -0.15) is 0 Å². The predicted octanol–water partition coefficient (Wildman–Crippen LogP) is 3.47. The lowest BCUT2D eigenvalue weighted by Gasteiger charge is -2.29. The quantitative estimate of drug-likeness (QED) is 0.830. The van der Waals surface area contributed by atoms with E-state index in [1.807, 2.05) is 0 Å². The van der Waals surface area contributed by atoms with Crippen LogP contribution in [0.2, 0.25) is 0 Å². The van der Waals surface area contributed by atoms with Crippen LogP contribution in [0.25, 0.3) is 0 Å². The third kappa shape index (κ3) is 2.12. The summed E-state index contributed by atoms with van der Waals surface area (Å²) < 4.78 is 0.990. The molecular formula is C15H16IN3. The highest BCUT2D eigenvalue weighted by Gasteiger charge is 2.30. The molecule has 1 aliphatic rings. The molecule has 1 unspecified atom stereocenters. The van der Waals surface area contributed by atoms with Crippen molar-refractivity contribution in [2.45, 2.75) is 32.1 Å². The SMILES string of the molecule is CC(C)c1nc(C2Cc3ccccc32)nc(N)c1I. The van der Waals surface area contributed by atoms with Gasteiger partial charge in [0.1, 0.15) is 11.6 Å². The Morgan fingerprint density at radius 1 is 1.26 bits per heavy atom. The van der Waals surface area contributed by atoms with Crippen molar-refractivity contribution in [2.24, 2.45) is 0 Å². The van der Waals surface area contributed by atoms with Gasteiger partial charge in [-0.3, -0.25) is 0 Å². The largest absolute Gasteiger partial charge is 0.383 e. The fraction of sp³-hybridized carbons (Fsp3) is 0.333. The minimum Gasteiger partial charge on any atom is -0.383 e. The highest BCUT2D eigenvalue weighted by atomic mass is 127. The maximum Gasteiger partial charge on any atom is 0.140 e. The van der Waals surface area contributed by atoms with Crippen LogP contribution in [-0.4, -0.2) is 9.97 Å². The fourth-order valence-electron chi connectivity index (χ4n) is 2.53. The predicted molar refractivity (Wildman–Crippen MR) is 85.2 cm³/mol. The molecule has 0 fully saturated rings. The van der Waals surface area contributed by atoms with Crippen LogP contribution in [0.15, 0.2) is 24.3 Å². The molecule has 0 amide bonds. The first kappa shape index (κ1) is 12.8. The van der Waals surface area contributed by atoms with E-state index in [1.165, 1.54) is 11.1 Å². The molecule has 0 radical (unpaired) electrons. The van der Waals surface area contributed by atoms with Crippen molar-refractivity contribution >= 4 is 28.4 Å². The molecule has 0 saturated carbocycles. The number of anilines is 1. The third-order valence-electron chi connectivity index (χ3n) is 3.63. The summed E-state index contributed by atoms with van der Waals surface area (Å²) in [5.74, 6) is 2.17. The van der Waals surface area contributed by atoms with Gasteiger partial charge in [0, 0.05) is 5.92 Å². The van der Waals surface area contributed by atoms with E-state index in [9.17, 15) is 0 Å². The van der Waals surface area contributed by atoms with Gasteiger partial charge >= 0.3 is 0 Å². The molecule has 98 valence electrons. The average molecular weight is 365 g/mol. The molecule has 2 N–H and O–H groups in total. The van der Waals surface area contributed by atoms with Gasteiger partial charge in [0.25, 0.3) is 0 Å². The number of nitrogens with two attached hydrogens (primary N) is 1. The van der Waals surface area contributed by atoms with Crippen LogP contribution in [0.5, 0.6) is 0 Å². The van der Waals surface area contributed by atoms with Crippen molar-refractivity contribution in [1.29, 1.82) is 0 Å². The van der Waals surface area contributed by atoms with Gasteiger partial charge in [-0.1, -0.05) is 38.1 Å². The van der Waals surface area contributed by atoms with E-state index in [1.54, 1.807) is 0 Å². The number of hydrogen-bond acceptors (Lipinski definition) is 3. The summed E-state index contributed by atoms with van der Waals surface area (Å²) in [6, 6.07) is 8.49. The monoisotopic (exact) mass is 365 g/mol. The van der Waals surface area contributed by atoms with Crippen LogP contribution in [0.4, 0.5) is 5.82 Å². The maximum atomic E-state index is 6.04. The molecule has 4 heteroatoms. The Balaban J connectivity index is 2.04. The van der Waals surface area contributed by atoms with E-state index in [0.29, 0.717) is 17.7 Å². The third-order valence-corrected chi connectivity index (χ3v) is 4.74. The van der Waals surface area contributed by atoms with Crippen LogP contribution >= 0.6 is 22.6 Å². The molecule has 0 bridgehead atoms. The van der Waals surface area contributed by atoms with Crippen LogP contribution in [0, 0.1) is 3.57 Å². The molecule has 0 spiro atoms. The number of fused-ring (bicyclic) bond motifs is 1. The fourth-order valence-corrected chi connectivity index (χ4v) is 3.39. The number of aromatic nitrogens is 2. The summed E-state index contributed by atoms with van der Waals surface area (Å²) in [4.78, 5) is 9.25. The van der Waals surface area contributed by atoms with E-state index >= 15 is 0 Å². The molecule has 1 aliphatic carbocycles. The summed E-state index contributed by atoms with van der Waals surface area (Å²) >= 11 is 2.24. The molecule has 2 aromatic rings. The van der Waals surface area contributed by atoms with Gasteiger partial charge in [-0.25, -0.2) is 9.97 Å². The topological polar surface area (TPSA) is 51.8 Å². The smallest absolute Gasteiger partial charge is 0.140 e. The molecule has 1 atom stereocenters. The first-order valence-corrected chi connectivity index (χ1v) is 7.56. The van der Waals surface area contributed by atoms with Gasteiger partial charge in [-0.05, 0) is 46.1 Å². The molecule has 1 heterocycles. The molecule has 3 rings (SSSR count). The minimum absolute atomic E-state index is 0.313. The lowest BCUT2D eigenvalue weighted by atomic mass is 9.77. The minimum atomic E-state index is 0.313. The summed E-state index contributed by atoms with van der Waals surface area (Å²) in [6.07, 6.45) is 1.02. The van der Waals surface area contributed by atoms with Crippen LogP contribution in [0.3, 0.4) is 0 Å². The Labute approximate surface area is 126 Å². The van der Waals surface area contributed by atoms with E-state index in [0.717, 1.165) is 21.5 Å². The Bertz CT molecular complexity index is 637. The first-order valence-electron chi connectivity index (χ1n) is 6.48. The zero-order valence-electron chi connectivity index (χ0n) is 11.0. The van der Waals surface area contributed by atoms with Gasteiger partial charge in [0.2, 0.25) is 0 Å². The van der Waals surface area contributed by atoms with Crippen LogP contribution in [0.1, 0.15) is 48.3 Å². The zero-order valence-corrected chi connectivity index (χ0v) is 13.2. The summed E-state index contributed by atoms with van der Waals surface area (Å²) in [6.45, 7) is 4.28. The lowest BCUT2D eigenvalue weighted by molar-refractivity contribution is 0.646. The van der Waals surface area contributed by atoms with Crippen LogP contribution in [-0.2, 0) is 6.42 Å². The molecular weight excluding hydrogens is 349 g/mol. The summed E-state index contributed by atoms with van der Waals surface area (Å²) in [7, 11) is 0. The van der Waals surface area contributed by atoms with Crippen LogP contribution < -0.4 is 5.73 Å². The number of rotatable bonds is 2. The number of nitrogen functional groups attached to an aromatic ring is 1. The number of halogens is 1. The standard InChI is InChI=1S/C15H16IN3/c1-8(2)13-12(16)14(17)19-15(18-13)11-7-9-5-3-4-6-10(9)11/h3-6,8,11H,7H2,1-2H3,(H2,17,18,19). The van der Waals surface area contributed by atoms with E-state index < -0.39 is 0 Å². The highest BCUT2D eigenvalue weighted by Crippen LogP contribution is 2.39. The molecule has 0 aliphatic heterocycles. The van der Waals surface area contributed by atoms with Crippen molar-refractivity contribution in [3.05, 3.63) is 50.5 Å². The first-order chi connectivity index (χ1) is 9.08. The average Bonchev–Trinajstić information content (AvgIpc) is 2.34. The molecule has 1 aromatic carbocycles. The van der Waals surface area contributed by atoms with Crippen molar-refractivity contribution in [2.75, 3.05) is 5.73 Å². The number of nitrogens with zero attached hydrogens (tertiary/aromatic N) is 2. The van der Waals surface area contributed by atoms with Gasteiger partial charge in [-0.15, -0.1) is 0 Å². The lowest BCUT2D eigenvalue weighted by Crippen LogP contribution is -2.22. The normalized spacial score (nSPS) is 17.2. The van der Waals surface area contributed by atoms with E-state index in [4.69, 9.17) is 10.7 Å². The number of benzene rings is 1. The second-order valence-electron chi connectivity index (χ2n) is 5.28. The summed E-state index contributed by atoms with van der Waals surface area (Å²) in [5, 5.41) is 0. The Hall–Kier alpha value is -1.17. The van der Waals surface area contributed by atoms with Gasteiger partial charge in [0.05, 0.1) is 9.26 Å².